The highest BCUT2D eigenvalue weighted by atomic mass is 16.5. The highest BCUT2D eigenvalue weighted by molar-refractivity contribution is 6.06. The third-order valence-corrected chi connectivity index (χ3v) is 4.49. The first-order chi connectivity index (χ1) is 15.2. The van der Waals surface area contributed by atoms with Gasteiger partial charge in [0.05, 0.1) is 25.6 Å². The molecular weight excluding hydrogens is 396 g/mol. The molecule has 0 unspecified atom stereocenters. The maximum absolute atomic E-state index is 12.9. The number of pyridine rings is 1. The maximum Gasteiger partial charge on any atom is 0.232 e. The van der Waals surface area contributed by atoms with E-state index in [2.05, 4.69) is 15.1 Å². The van der Waals surface area contributed by atoms with Crippen LogP contribution in [0.4, 0.5) is 0 Å². The first kappa shape index (κ1) is 20.2. The van der Waals surface area contributed by atoms with Crippen molar-refractivity contribution in [1.29, 1.82) is 0 Å². The molecule has 0 amide bonds. The third kappa shape index (κ3) is 4.44. The molecule has 0 aliphatic heterocycles. The summed E-state index contributed by atoms with van der Waals surface area (Å²) in [5.41, 5.74) is 1.88. The molecule has 156 valence electrons. The predicted octanol–water partition coefficient (Wildman–Crippen LogP) is 2.94. The van der Waals surface area contributed by atoms with Gasteiger partial charge in [0, 0.05) is 17.2 Å². The second-order valence-electron chi connectivity index (χ2n) is 6.52. The molecule has 0 aliphatic rings. The van der Waals surface area contributed by atoms with Crippen molar-refractivity contribution in [3.05, 3.63) is 84.3 Å². The zero-order valence-corrected chi connectivity index (χ0v) is 16.8. The zero-order chi connectivity index (χ0) is 21.6. The smallest absolute Gasteiger partial charge is 0.232 e. The Morgan fingerprint density at radius 1 is 1.03 bits per heavy atom. The molecule has 0 radical (unpaired) electrons. The molecule has 1 N–H and O–H groups in total. The van der Waals surface area contributed by atoms with E-state index in [4.69, 9.17) is 14.6 Å². The number of hydrogen-bond donors (Lipinski definition) is 1. The number of ether oxygens (including phenoxy) is 2. The number of methoxy groups -OCH3 is 1. The van der Waals surface area contributed by atoms with E-state index in [0.717, 1.165) is 5.56 Å². The average molecular weight is 416 g/mol. The van der Waals surface area contributed by atoms with E-state index < -0.39 is 0 Å². The van der Waals surface area contributed by atoms with E-state index in [1.807, 2.05) is 18.2 Å². The van der Waals surface area contributed by atoms with Crippen LogP contribution in [-0.4, -0.2) is 51.0 Å². The number of hydrogen-bond acceptors (Lipinski definition) is 7. The summed E-state index contributed by atoms with van der Waals surface area (Å²) in [4.78, 5) is 21.7. The fourth-order valence-corrected chi connectivity index (χ4v) is 2.98. The standard InChI is InChI=1S/C23H20N4O4/c1-30-20-12-9-18(15-24-20)27-23(17-7-10-19(11-8-17)31-14-13-28)25-22(26-27)21(29)16-5-3-2-4-6-16/h2-12,15,28H,13-14H2,1H3. The van der Waals surface area contributed by atoms with Gasteiger partial charge in [0.2, 0.25) is 17.5 Å². The Kier molecular flexibility index (Phi) is 6.00. The molecule has 0 saturated carbocycles. The van der Waals surface area contributed by atoms with Crippen molar-refractivity contribution in [2.24, 2.45) is 0 Å². The van der Waals surface area contributed by atoms with Gasteiger partial charge in [-0.3, -0.25) is 4.79 Å². The van der Waals surface area contributed by atoms with Crippen LogP contribution < -0.4 is 9.47 Å². The van der Waals surface area contributed by atoms with Crippen molar-refractivity contribution in [2.75, 3.05) is 20.3 Å². The van der Waals surface area contributed by atoms with E-state index in [9.17, 15) is 4.79 Å². The Balaban J connectivity index is 1.76. The number of aliphatic hydroxyl groups excluding tert-OH is 1. The van der Waals surface area contributed by atoms with Crippen molar-refractivity contribution in [3.63, 3.8) is 0 Å². The summed E-state index contributed by atoms with van der Waals surface area (Å²) in [6.07, 6.45) is 1.60. The molecular formula is C23H20N4O4. The predicted molar refractivity (Wildman–Crippen MR) is 114 cm³/mol. The van der Waals surface area contributed by atoms with E-state index in [0.29, 0.717) is 28.7 Å². The molecule has 4 rings (SSSR count). The van der Waals surface area contributed by atoms with Gasteiger partial charge in [0.25, 0.3) is 0 Å². The fraction of sp³-hybridized carbons (Fsp3) is 0.130. The molecule has 0 fully saturated rings. The first-order valence-electron chi connectivity index (χ1n) is 9.61. The SMILES string of the molecule is COc1ccc(-n2nc(C(=O)c3ccccc3)nc2-c2ccc(OCCO)cc2)cn1. The van der Waals surface area contributed by atoms with Gasteiger partial charge in [-0.25, -0.2) is 14.6 Å². The molecule has 0 saturated heterocycles. The number of aromatic nitrogens is 4. The molecule has 0 atom stereocenters. The number of rotatable bonds is 8. The molecule has 4 aromatic rings. The Labute approximate surface area is 178 Å². The second-order valence-corrected chi connectivity index (χ2v) is 6.52. The van der Waals surface area contributed by atoms with Crippen LogP contribution in [0.2, 0.25) is 0 Å². The summed E-state index contributed by atoms with van der Waals surface area (Å²) in [5, 5.41) is 13.4. The van der Waals surface area contributed by atoms with Crippen LogP contribution in [0.25, 0.3) is 17.1 Å². The van der Waals surface area contributed by atoms with Crippen molar-refractivity contribution in [1.82, 2.24) is 19.7 Å². The molecule has 8 heteroatoms. The lowest BCUT2D eigenvalue weighted by molar-refractivity contribution is 0.102. The van der Waals surface area contributed by atoms with Gasteiger partial charge in [0.1, 0.15) is 12.4 Å². The van der Waals surface area contributed by atoms with Crippen LogP contribution in [0.15, 0.2) is 72.9 Å². The largest absolute Gasteiger partial charge is 0.491 e. The van der Waals surface area contributed by atoms with Crippen LogP contribution in [0.3, 0.4) is 0 Å². The van der Waals surface area contributed by atoms with Gasteiger partial charge < -0.3 is 14.6 Å². The lowest BCUT2D eigenvalue weighted by Gasteiger charge is -2.08. The van der Waals surface area contributed by atoms with Crippen molar-refractivity contribution in [2.45, 2.75) is 0 Å². The summed E-state index contributed by atoms with van der Waals surface area (Å²) in [5.74, 6) is 1.38. The minimum Gasteiger partial charge on any atom is -0.491 e. The molecule has 31 heavy (non-hydrogen) atoms. The summed E-state index contributed by atoms with van der Waals surface area (Å²) in [7, 11) is 1.54. The van der Waals surface area contributed by atoms with Crippen LogP contribution in [0.1, 0.15) is 16.2 Å². The van der Waals surface area contributed by atoms with Gasteiger partial charge >= 0.3 is 0 Å². The summed E-state index contributed by atoms with van der Waals surface area (Å²) in [6, 6.07) is 19.6. The van der Waals surface area contributed by atoms with Crippen molar-refractivity contribution < 1.29 is 19.4 Å². The van der Waals surface area contributed by atoms with E-state index >= 15 is 0 Å². The van der Waals surface area contributed by atoms with Gasteiger partial charge in [0.15, 0.2) is 5.82 Å². The topological polar surface area (TPSA) is 99.4 Å². The molecule has 8 nitrogen and oxygen atoms in total. The molecule has 2 heterocycles. The first-order valence-corrected chi connectivity index (χ1v) is 9.61. The highest BCUT2D eigenvalue weighted by Crippen LogP contribution is 2.25. The molecule has 0 bridgehead atoms. The van der Waals surface area contributed by atoms with Crippen molar-refractivity contribution >= 4 is 5.78 Å². The van der Waals surface area contributed by atoms with Crippen LogP contribution in [0.5, 0.6) is 11.6 Å². The van der Waals surface area contributed by atoms with Crippen LogP contribution in [-0.2, 0) is 0 Å². The minimum atomic E-state index is -0.273. The number of carbonyl (C=O) groups excluding carboxylic acids is 1. The Morgan fingerprint density at radius 2 is 1.81 bits per heavy atom. The van der Waals surface area contributed by atoms with Crippen molar-refractivity contribution in [3.8, 4) is 28.7 Å². The number of nitrogens with zero attached hydrogens (tertiary/aromatic N) is 4. The summed E-state index contributed by atoms with van der Waals surface area (Å²) in [6.45, 7) is 0.147. The maximum atomic E-state index is 12.9. The quantitative estimate of drug-likeness (QED) is 0.441. The Hall–Kier alpha value is -4.04. The number of benzene rings is 2. The fourth-order valence-electron chi connectivity index (χ4n) is 2.98. The van der Waals surface area contributed by atoms with E-state index in [-0.39, 0.29) is 24.8 Å². The van der Waals surface area contributed by atoms with Crippen LogP contribution >= 0.6 is 0 Å². The lowest BCUT2D eigenvalue weighted by atomic mass is 10.1. The zero-order valence-electron chi connectivity index (χ0n) is 16.8. The molecule has 2 aromatic carbocycles. The van der Waals surface area contributed by atoms with E-state index in [1.165, 1.54) is 0 Å². The van der Waals surface area contributed by atoms with Crippen LogP contribution in [0, 0.1) is 0 Å². The summed E-state index contributed by atoms with van der Waals surface area (Å²) < 4.78 is 12.1. The second kappa shape index (κ2) is 9.19. The third-order valence-electron chi connectivity index (χ3n) is 4.49. The highest BCUT2D eigenvalue weighted by Gasteiger charge is 2.20. The Bertz CT molecular complexity index is 1160. The monoisotopic (exact) mass is 416 g/mol. The molecule has 2 aromatic heterocycles. The number of aliphatic hydroxyl groups is 1. The Morgan fingerprint density at radius 3 is 2.45 bits per heavy atom. The minimum absolute atomic E-state index is 0.0640. The number of carbonyl (C=O) groups is 1. The van der Waals surface area contributed by atoms with Gasteiger partial charge in [-0.05, 0) is 30.3 Å². The summed E-state index contributed by atoms with van der Waals surface area (Å²) >= 11 is 0. The van der Waals surface area contributed by atoms with Gasteiger partial charge in [-0.1, -0.05) is 30.3 Å². The molecule has 0 aliphatic carbocycles. The lowest BCUT2D eigenvalue weighted by Crippen LogP contribution is -2.05. The van der Waals surface area contributed by atoms with E-state index in [1.54, 1.807) is 66.5 Å². The number of ketones is 1. The molecule has 0 spiro atoms. The van der Waals surface area contributed by atoms with Gasteiger partial charge in [-0.2, -0.15) is 0 Å². The normalized spacial score (nSPS) is 10.6. The average Bonchev–Trinajstić information content (AvgIpc) is 3.28. The van der Waals surface area contributed by atoms with Gasteiger partial charge in [-0.15, -0.1) is 5.10 Å².